The third kappa shape index (κ3) is 4.10. The minimum absolute atomic E-state index is 0.0781. The van der Waals surface area contributed by atoms with Crippen molar-refractivity contribution in [3.05, 3.63) is 45.0 Å². The summed E-state index contributed by atoms with van der Waals surface area (Å²) in [6.45, 7) is 2.13. The van der Waals surface area contributed by atoms with E-state index in [2.05, 4.69) is 6.92 Å². The maximum atomic E-state index is 12.6. The van der Waals surface area contributed by atoms with Crippen LogP contribution in [0.25, 0.3) is 0 Å². The molecule has 0 unspecified atom stereocenters. The normalized spacial score (nSPS) is 13.9. The molecule has 0 aliphatic heterocycles. The fourth-order valence-corrected chi connectivity index (χ4v) is 3.07. The quantitative estimate of drug-likeness (QED) is 0.501. The molecule has 2 N–H and O–H groups in total. The van der Waals surface area contributed by atoms with Gasteiger partial charge in [0.05, 0.1) is 5.02 Å². The molecule has 0 bridgehead atoms. The largest absolute Gasteiger partial charge is 0.507 e. The van der Waals surface area contributed by atoms with Crippen LogP contribution in [0.3, 0.4) is 0 Å². The van der Waals surface area contributed by atoms with Crippen molar-refractivity contribution in [2.24, 2.45) is 0 Å². The Morgan fingerprint density at radius 1 is 1.13 bits per heavy atom. The number of hydrogen-bond donors (Lipinski definition) is 2. The monoisotopic (exact) mass is 354 g/mol. The number of benzene rings is 1. The van der Waals surface area contributed by atoms with Crippen LogP contribution in [-0.4, -0.2) is 16.0 Å². The van der Waals surface area contributed by atoms with E-state index in [-0.39, 0.29) is 22.1 Å². The van der Waals surface area contributed by atoms with E-state index in [0.29, 0.717) is 29.0 Å². The maximum Gasteiger partial charge on any atom is 0.196 e. The second-order valence-electron chi connectivity index (χ2n) is 5.71. The summed E-state index contributed by atoms with van der Waals surface area (Å²) < 4.78 is 0. The molecule has 1 aliphatic carbocycles. The van der Waals surface area contributed by atoms with Crippen LogP contribution < -0.4 is 0 Å². The van der Waals surface area contributed by atoms with Gasteiger partial charge < -0.3 is 10.2 Å². The summed E-state index contributed by atoms with van der Waals surface area (Å²) in [6, 6.07) is 1.53. The van der Waals surface area contributed by atoms with E-state index in [1.807, 2.05) is 0 Å². The number of allylic oxidation sites excluding steroid dienone is 4. The highest BCUT2D eigenvalue weighted by Gasteiger charge is 2.26. The van der Waals surface area contributed by atoms with Gasteiger partial charge in [0.1, 0.15) is 17.1 Å². The highest BCUT2D eigenvalue weighted by Crippen LogP contribution is 2.40. The molecule has 5 heteroatoms. The Labute approximate surface area is 146 Å². The Hall–Kier alpha value is -1.45. The second kappa shape index (κ2) is 7.89. The summed E-state index contributed by atoms with van der Waals surface area (Å²) >= 11 is 11.9. The molecular weight excluding hydrogens is 335 g/mol. The Morgan fingerprint density at radius 3 is 2.48 bits per heavy atom. The topological polar surface area (TPSA) is 57.5 Å². The lowest BCUT2D eigenvalue weighted by Crippen LogP contribution is -2.05. The van der Waals surface area contributed by atoms with E-state index >= 15 is 0 Å². The van der Waals surface area contributed by atoms with Crippen LogP contribution in [0, 0.1) is 0 Å². The molecule has 1 aliphatic rings. The lowest BCUT2D eigenvalue weighted by Gasteiger charge is -2.13. The zero-order valence-electron chi connectivity index (χ0n) is 13.0. The third-order valence-corrected chi connectivity index (χ3v) is 4.50. The molecule has 124 valence electrons. The lowest BCUT2D eigenvalue weighted by atomic mass is 9.96. The highest BCUT2D eigenvalue weighted by atomic mass is 35.5. The standard InChI is InChI=1S/C18H20Cl2O3/c1-2-3-4-5-6-11-10-14(20)18(23)15(16(11)21)17(22)12-7-8-13(19)9-12/h7-8,10,21,23H,2-6,9H2,1H3. The Kier molecular flexibility index (Phi) is 6.14. The van der Waals surface area contributed by atoms with Crippen LogP contribution in [0.4, 0.5) is 0 Å². The molecule has 1 aromatic carbocycles. The summed E-state index contributed by atoms with van der Waals surface area (Å²) in [5.74, 6) is -1.00. The van der Waals surface area contributed by atoms with Gasteiger partial charge in [0.2, 0.25) is 0 Å². The Bertz CT molecular complexity index is 675. The number of phenolic OH excluding ortho intramolecular Hbond substituents is 2. The van der Waals surface area contributed by atoms with E-state index in [4.69, 9.17) is 23.2 Å². The van der Waals surface area contributed by atoms with Crippen LogP contribution in [0.1, 0.15) is 54.9 Å². The van der Waals surface area contributed by atoms with Crippen molar-refractivity contribution >= 4 is 29.0 Å². The first-order valence-corrected chi connectivity index (χ1v) is 8.54. The maximum absolute atomic E-state index is 12.6. The zero-order valence-corrected chi connectivity index (χ0v) is 14.5. The van der Waals surface area contributed by atoms with Crippen molar-refractivity contribution in [2.45, 2.75) is 45.4 Å². The number of unbranched alkanes of at least 4 members (excludes halogenated alkanes) is 3. The number of Topliss-reactive ketones (excluding diaryl/α,β-unsaturated/α-hetero) is 1. The van der Waals surface area contributed by atoms with Gasteiger partial charge in [-0.3, -0.25) is 4.79 Å². The Morgan fingerprint density at radius 2 is 1.87 bits per heavy atom. The molecule has 0 spiro atoms. The smallest absolute Gasteiger partial charge is 0.196 e. The van der Waals surface area contributed by atoms with Crippen LogP contribution in [-0.2, 0) is 6.42 Å². The van der Waals surface area contributed by atoms with E-state index in [1.54, 1.807) is 12.2 Å². The summed E-state index contributed by atoms with van der Waals surface area (Å²) in [7, 11) is 0. The van der Waals surface area contributed by atoms with E-state index in [9.17, 15) is 15.0 Å². The van der Waals surface area contributed by atoms with E-state index in [1.165, 1.54) is 6.07 Å². The van der Waals surface area contributed by atoms with Crippen molar-refractivity contribution in [3.8, 4) is 11.5 Å². The van der Waals surface area contributed by atoms with Gasteiger partial charge in [0, 0.05) is 17.0 Å². The van der Waals surface area contributed by atoms with Crippen molar-refractivity contribution in [3.63, 3.8) is 0 Å². The fourth-order valence-electron chi connectivity index (χ4n) is 2.64. The molecular formula is C18H20Cl2O3. The van der Waals surface area contributed by atoms with Crippen LogP contribution >= 0.6 is 23.2 Å². The number of aryl methyl sites for hydroxylation is 1. The van der Waals surface area contributed by atoms with Gasteiger partial charge in [0.25, 0.3) is 0 Å². The first kappa shape index (κ1) is 17.9. The van der Waals surface area contributed by atoms with Crippen LogP contribution in [0.15, 0.2) is 28.8 Å². The fraction of sp³-hybridized carbons (Fsp3) is 0.389. The molecule has 0 aromatic heterocycles. The molecule has 0 fully saturated rings. The number of ketones is 1. The number of carbonyl (C=O) groups is 1. The summed E-state index contributed by atoms with van der Waals surface area (Å²) in [4.78, 5) is 12.6. The van der Waals surface area contributed by atoms with Gasteiger partial charge in [-0.1, -0.05) is 55.5 Å². The number of phenols is 2. The molecule has 1 aromatic rings. The first-order valence-electron chi connectivity index (χ1n) is 7.79. The van der Waals surface area contributed by atoms with Gasteiger partial charge in [-0.15, -0.1) is 0 Å². The number of halogens is 2. The van der Waals surface area contributed by atoms with Gasteiger partial charge in [-0.2, -0.15) is 0 Å². The van der Waals surface area contributed by atoms with Gasteiger partial charge in [-0.25, -0.2) is 0 Å². The van der Waals surface area contributed by atoms with Gasteiger partial charge in [0.15, 0.2) is 5.78 Å². The minimum atomic E-state index is -0.441. The van der Waals surface area contributed by atoms with Gasteiger partial charge >= 0.3 is 0 Å². The molecule has 2 rings (SSSR count). The highest BCUT2D eigenvalue weighted by molar-refractivity contribution is 6.34. The number of aromatic hydroxyl groups is 2. The average Bonchev–Trinajstić information content (AvgIpc) is 2.95. The molecule has 0 amide bonds. The SMILES string of the molecule is CCCCCCc1cc(Cl)c(O)c(C(=O)C2=CC=C(Cl)C2)c1O. The van der Waals surface area contributed by atoms with Gasteiger partial charge in [-0.05, 0) is 30.5 Å². The summed E-state index contributed by atoms with van der Waals surface area (Å²) in [6.07, 6.45) is 8.34. The van der Waals surface area contributed by atoms with Crippen molar-refractivity contribution in [1.29, 1.82) is 0 Å². The van der Waals surface area contributed by atoms with Crippen molar-refractivity contribution in [2.75, 3.05) is 0 Å². The zero-order chi connectivity index (χ0) is 17.0. The van der Waals surface area contributed by atoms with E-state index < -0.39 is 5.78 Å². The molecule has 0 heterocycles. The molecule has 0 radical (unpaired) electrons. The van der Waals surface area contributed by atoms with Crippen molar-refractivity contribution in [1.82, 2.24) is 0 Å². The lowest BCUT2D eigenvalue weighted by molar-refractivity contribution is 0.102. The molecule has 0 saturated heterocycles. The average molecular weight is 355 g/mol. The molecule has 0 atom stereocenters. The number of rotatable bonds is 7. The third-order valence-electron chi connectivity index (χ3n) is 3.95. The number of carbonyl (C=O) groups excluding carboxylic acids is 1. The first-order chi connectivity index (χ1) is 11.0. The minimum Gasteiger partial charge on any atom is -0.507 e. The predicted molar refractivity (Wildman–Crippen MR) is 93.6 cm³/mol. The molecule has 0 saturated carbocycles. The molecule has 23 heavy (non-hydrogen) atoms. The van der Waals surface area contributed by atoms with E-state index in [0.717, 1.165) is 25.7 Å². The predicted octanol–water partition coefficient (Wildman–Crippen LogP) is 5.51. The van der Waals surface area contributed by atoms with Crippen molar-refractivity contribution < 1.29 is 15.0 Å². The number of hydrogen-bond acceptors (Lipinski definition) is 3. The Balaban J connectivity index is 2.28. The summed E-state index contributed by atoms with van der Waals surface area (Å²) in [5, 5.41) is 21.2. The molecule has 3 nitrogen and oxygen atoms in total. The second-order valence-corrected chi connectivity index (χ2v) is 6.60. The van der Waals surface area contributed by atoms with Crippen LogP contribution in [0.5, 0.6) is 11.5 Å². The van der Waals surface area contributed by atoms with Crippen LogP contribution in [0.2, 0.25) is 5.02 Å². The summed E-state index contributed by atoms with van der Waals surface area (Å²) in [5.41, 5.74) is 0.888.